The number of aryl methyl sites for hydroxylation is 1. The van der Waals surface area contributed by atoms with Crippen molar-refractivity contribution in [3.05, 3.63) is 78.4 Å². The van der Waals surface area contributed by atoms with Crippen LogP contribution in [0.5, 0.6) is 0 Å². The van der Waals surface area contributed by atoms with Gasteiger partial charge in [0.05, 0.1) is 14.7 Å². The molecule has 0 radical (unpaired) electrons. The fourth-order valence-corrected chi connectivity index (χ4v) is 5.24. The first-order valence-electron chi connectivity index (χ1n) is 8.46. The molecule has 3 aromatic rings. The molecule has 0 spiro atoms. The van der Waals surface area contributed by atoms with Crippen LogP contribution in [-0.4, -0.2) is 33.3 Å². The van der Waals surface area contributed by atoms with E-state index in [0.29, 0.717) is 12.0 Å². The molecule has 2 heterocycles. The van der Waals surface area contributed by atoms with Crippen LogP contribution in [0, 0.1) is 6.92 Å². The summed E-state index contributed by atoms with van der Waals surface area (Å²) < 4.78 is 53.5. The highest BCUT2D eigenvalue weighted by atomic mass is 32.2. The summed E-state index contributed by atoms with van der Waals surface area (Å²) in [5.74, 6) is 0. The van der Waals surface area contributed by atoms with Gasteiger partial charge in [-0.05, 0) is 48.9 Å². The van der Waals surface area contributed by atoms with Crippen molar-refractivity contribution in [1.82, 2.24) is 14.7 Å². The van der Waals surface area contributed by atoms with Crippen molar-refractivity contribution >= 4 is 19.9 Å². The molecule has 3 rings (SSSR count). The van der Waals surface area contributed by atoms with Crippen LogP contribution < -0.4 is 4.72 Å². The van der Waals surface area contributed by atoms with Gasteiger partial charge in [0, 0.05) is 37.3 Å². The highest BCUT2D eigenvalue weighted by Crippen LogP contribution is 2.25. The number of sulfonamides is 1. The quantitative estimate of drug-likeness (QED) is 0.631. The molecule has 0 aliphatic carbocycles. The Morgan fingerprint density at radius 1 is 0.929 bits per heavy atom. The van der Waals surface area contributed by atoms with Crippen molar-refractivity contribution in [3.63, 3.8) is 0 Å². The zero-order chi connectivity index (χ0) is 20.2. The molecule has 0 atom stereocenters. The summed E-state index contributed by atoms with van der Waals surface area (Å²) in [7, 11) is -7.75. The number of nitrogens with one attached hydrogen (secondary N) is 1. The van der Waals surface area contributed by atoms with Crippen LogP contribution in [0.25, 0.3) is 0 Å². The van der Waals surface area contributed by atoms with Crippen LogP contribution >= 0.6 is 0 Å². The summed E-state index contributed by atoms with van der Waals surface area (Å²) in [4.78, 5) is 7.80. The smallest absolute Gasteiger partial charge is 0.240 e. The van der Waals surface area contributed by atoms with E-state index < -0.39 is 19.9 Å². The molecule has 1 N–H and O–H groups in total. The summed E-state index contributed by atoms with van der Waals surface area (Å²) in [5, 5.41) is 0. The van der Waals surface area contributed by atoms with E-state index in [-0.39, 0.29) is 21.2 Å². The summed E-state index contributed by atoms with van der Waals surface area (Å²) in [6.07, 6.45) is 4.76. The maximum Gasteiger partial charge on any atom is 0.240 e. The second-order valence-electron chi connectivity index (χ2n) is 6.09. The molecule has 0 saturated carbocycles. The Morgan fingerprint density at radius 3 is 2.43 bits per heavy atom. The Hall–Kier alpha value is -2.62. The molecule has 0 fully saturated rings. The second-order valence-corrected chi connectivity index (χ2v) is 9.77. The molecule has 1 aromatic carbocycles. The Balaban J connectivity index is 1.86. The summed E-state index contributed by atoms with van der Waals surface area (Å²) in [5.41, 5.74) is 1.21. The van der Waals surface area contributed by atoms with Crippen molar-refractivity contribution in [3.8, 4) is 0 Å². The third-order valence-electron chi connectivity index (χ3n) is 4.10. The highest BCUT2D eigenvalue weighted by Gasteiger charge is 2.23. The van der Waals surface area contributed by atoms with E-state index in [1.807, 2.05) is 6.07 Å². The average molecular weight is 418 g/mol. The number of aromatic nitrogens is 2. The zero-order valence-corrected chi connectivity index (χ0v) is 16.7. The topological polar surface area (TPSA) is 106 Å². The van der Waals surface area contributed by atoms with Gasteiger partial charge in [-0.25, -0.2) is 21.6 Å². The lowest BCUT2D eigenvalue weighted by Crippen LogP contribution is -2.27. The van der Waals surface area contributed by atoms with E-state index >= 15 is 0 Å². The molecule has 9 heteroatoms. The number of pyridine rings is 2. The van der Waals surface area contributed by atoms with Crippen LogP contribution in [0.4, 0.5) is 0 Å². The molecular weight excluding hydrogens is 398 g/mol. The lowest BCUT2D eigenvalue weighted by Gasteiger charge is -2.11. The molecule has 146 valence electrons. The summed E-state index contributed by atoms with van der Waals surface area (Å²) in [6.45, 7) is 1.77. The summed E-state index contributed by atoms with van der Waals surface area (Å²) in [6, 6.07) is 12.4. The van der Waals surface area contributed by atoms with Crippen LogP contribution in [0.15, 0.2) is 81.8 Å². The number of nitrogens with zero attached hydrogens (tertiary/aromatic N) is 2. The van der Waals surface area contributed by atoms with Gasteiger partial charge in [0.1, 0.15) is 0 Å². The third-order valence-corrected chi connectivity index (χ3v) is 7.44. The average Bonchev–Trinajstić information content (AvgIpc) is 2.69. The SMILES string of the molecule is Cc1ccc(S(=O)(=O)c2cccnc2)cc1S(=O)(=O)NCCc1ccccn1. The minimum atomic E-state index is -3.88. The minimum absolute atomic E-state index is 0.00492. The zero-order valence-electron chi connectivity index (χ0n) is 15.1. The number of hydrogen-bond acceptors (Lipinski definition) is 6. The van der Waals surface area contributed by atoms with Crippen LogP contribution in [-0.2, 0) is 26.3 Å². The second kappa shape index (κ2) is 8.17. The van der Waals surface area contributed by atoms with Crippen LogP contribution in [0.2, 0.25) is 0 Å². The van der Waals surface area contributed by atoms with Crippen molar-refractivity contribution in [2.24, 2.45) is 0 Å². The molecule has 0 bridgehead atoms. The van der Waals surface area contributed by atoms with Gasteiger partial charge >= 0.3 is 0 Å². The summed E-state index contributed by atoms with van der Waals surface area (Å²) >= 11 is 0. The van der Waals surface area contributed by atoms with Crippen molar-refractivity contribution in [1.29, 1.82) is 0 Å². The van der Waals surface area contributed by atoms with Gasteiger partial charge in [0.2, 0.25) is 19.9 Å². The van der Waals surface area contributed by atoms with Crippen molar-refractivity contribution in [2.75, 3.05) is 6.54 Å². The Bertz CT molecular complexity index is 1160. The predicted molar refractivity (Wildman–Crippen MR) is 104 cm³/mol. The number of hydrogen-bond donors (Lipinski definition) is 1. The molecule has 0 saturated heterocycles. The first kappa shape index (κ1) is 20.1. The fraction of sp³-hybridized carbons (Fsp3) is 0.158. The van der Waals surface area contributed by atoms with Gasteiger partial charge < -0.3 is 0 Å². The Labute approximate surface area is 164 Å². The minimum Gasteiger partial charge on any atom is -0.263 e. The van der Waals surface area contributed by atoms with Gasteiger partial charge in [-0.1, -0.05) is 12.1 Å². The molecule has 0 aliphatic heterocycles. The third kappa shape index (κ3) is 4.44. The van der Waals surface area contributed by atoms with E-state index in [2.05, 4.69) is 14.7 Å². The van der Waals surface area contributed by atoms with E-state index in [1.165, 1.54) is 42.7 Å². The van der Waals surface area contributed by atoms with E-state index in [9.17, 15) is 16.8 Å². The van der Waals surface area contributed by atoms with Crippen molar-refractivity contribution in [2.45, 2.75) is 28.0 Å². The lowest BCUT2D eigenvalue weighted by molar-refractivity contribution is 0.580. The molecule has 0 unspecified atom stereocenters. The van der Waals surface area contributed by atoms with Gasteiger partial charge in [0.25, 0.3) is 0 Å². The molecule has 0 aliphatic rings. The molecular formula is C19H19N3O4S2. The number of benzene rings is 1. The maximum atomic E-state index is 12.8. The van der Waals surface area contributed by atoms with E-state index in [0.717, 1.165) is 5.69 Å². The van der Waals surface area contributed by atoms with Gasteiger partial charge in [-0.15, -0.1) is 0 Å². The first-order valence-corrected chi connectivity index (χ1v) is 11.4. The predicted octanol–water partition coefficient (Wildman–Crippen LogP) is 2.14. The van der Waals surface area contributed by atoms with Gasteiger partial charge in [-0.2, -0.15) is 0 Å². The Kier molecular flexibility index (Phi) is 5.87. The van der Waals surface area contributed by atoms with E-state index in [4.69, 9.17) is 0 Å². The van der Waals surface area contributed by atoms with Gasteiger partial charge in [0.15, 0.2) is 0 Å². The van der Waals surface area contributed by atoms with Gasteiger partial charge in [-0.3, -0.25) is 9.97 Å². The monoisotopic (exact) mass is 417 g/mol. The van der Waals surface area contributed by atoms with E-state index in [1.54, 1.807) is 25.3 Å². The normalized spacial score (nSPS) is 12.0. The molecule has 28 heavy (non-hydrogen) atoms. The lowest BCUT2D eigenvalue weighted by atomic mass is 10.2. The first-order chi connectivity index (χ1) is 13.3. The molecule has 7 nitrogen and oxygen atoms in total. The molecule has 2 aromatic heterocycles. The van der Waals surface area contributed by atoms with Crippen LogP contribution in [0.1, 0.15) is 11.3 Å². The van der Waals surface area contributed by atoms with Crippen molar-refractivity contribution < 1.29 is 16.8 Å². The standard InChI is InChI=1S/C19H19N3O4S2/c1-15-7-8-17(27(23,24)18-6-4-10-20-14-18)13-19(15)28(25,26)22-12-9-16-5-2-3-11-21-16/h2-8,10-11,13-14,22H,9,12H2,1H3. The highest BCUT2D eigenvalue weighted by molar-refractivity contribution is 7.91. The Morgan fingerprint density at radius 2 is 1.75 bits per heavy atom. The fourth-order valence-electron chi connectivity index (χ4n) is 2.62. The molecule has 0 amide bonds. The van der Waals surface area contributed by atoms with Crippen LogP contribution in [0.3, 0.4) is 0 Å². The number of rotatable bonds is 7. The number of sulfone groups is 1. The largest absolute Gasteiger partial charge is 0.263 e. The maximum absolute atomic E-state index is 12.8.